The fraction of sp³-hybridized carbons (Fsp3) is 0.118. The number of hydrogen-bond donors (Lipinski definition) is 0. The first kappa shape index (κ1) is 14.7. The van der Waals surface area contributed by atoms with Crippen molar-refractivity contribution in [3.8, 4) is 5.75 Å². The lowest BCUT2D eigenvalue weighted by Gasteiger charge is -2.06. The fourth-order valence-corrected chi connectivity index (χ4v) is 1.46. The molecule has 0 atom stereocenters. The lowest BCUT2D eigenvalue weighted by molar-refractivity contribution is -0.130. The summed E-state index contributed by atoms with van der Waals surface area (Å²) in [7, 11) is 0. The second kappa shape index (κ2) is 7.17. The minimum Gasteiger partial charge on any atom is -0.423 e. The number of benzene rings is 1. The summed E-state index contributed by atoms with van der Waals surface area (Å²) in [5, 5.41) is 0. The Labute approximate surface area is 114 Å². The van der Waals surface area contributed by atoms with Crippen LogP contribution >= 0.6 is 0 Å². The van der Waals surface area contributed by atoms with E-state index in [0.29, 0.717) is 11.3 Å². The lowest BCUT2D eigenvalue weighted by atomic mass is 10.0. The summed E-state index contributed by atoms with van der Waals surface area (Å²) in [6, 6.07) is 7.32. The molecule has 1 aromatic carbocycles. The molecule has 0 N–H and O–H groups in total. The molecule has 0 fully saturated rings. The van der Waals surface area contributed by atoms with Crippen molar-refractivity contribution in [3.05, 3.63) is 72.9 Å². The summed E-state index contributed by atoms with van der Waals surface area (Å²) in [4.78, 5) is 11.4. The van der Waals surface area contributed by atoms with Crippen molar-refractivity contribution >= 4 is 11.5 Å². The molecule has 0 saturated carbocycles. The van der Waals surface area contributed by atoms with Crippen LogP contribution in [0.25, 0.3) is 5.57 Å². The lowest BCUT2D eigenvalue weighted by Crippen LogP contribution is -2.07. The highest BCUT2D eigenvalue weighted by Gasteiger charge is 2.05. The van der Waals surface area contributed by atoms with Crippen LogP contribution in [0.2, 0.25) is 0 Å². The number of carbonyl (C=O) groups is 1. The van der Waals surface area contributed by atoms with Gasteiger partial charge in [0.15, 0.2) is 0 Å². The van der Waals surface area contributed by atoms with Gasteiger partial charge in [-0.05, 0) is 37.1 Å². The van der Waals surface area contributed by atoms with Crippen LogP contribution < -0.4 is 4.74 Å². The van der Waals surface area contributed by atoms with E-state index in [0.717, 1.165) is 11.1 Å². The van der Waals surface area contributed by atoms with Crippen LogP contribution in [0.15, 0.2) is 67.3 Å². The first-order chi connectivity index (χ1) is 9.08. The zero-order valence-corrected chi connectivity index (χ0v) is 11.3. The number of allylic oxidation sites excluding steroid dienone is 5. The minimum atomic E-state index is -0.414. The number of hydrogen-bond acceptors (Lipinski definition) is 2. The van der Waals surface area contributed by atoms with Gasteiger partial charge in [-0.2, -0.15) is 0 Å². The van der Waals surface area contributed by atoms with Crippen molar-refractivity contribution in [2.45, 2.75) is 13.8 Å². The molecule has 1 rings (SSSR count). The van der Waals surface area contributed by atoms with Gasteiger partial charge in [0.1, 0.15) is 5.75 Å². The Hall–Kier alpha value is -2.35. The number of ether oxygens (including phenoxy) is 1. The predicted molar refractivity (Wildman–Crippen MR) is 79.9 cm³/mol. The van der Waals surface area contributed by atoms with E-state index in [1.807, 2.05) is 37.3 Å². The van der Waals surface area contributed by atoms with Gasteiger partial charge in [0.2, 0.25) is 0 Å². The number of esters is 1. The van der Waals surface area contributed by atoms with E-state index in [9.17, 15) is 4.79 Å². The van der Waals surface area contributed by atoms with Crippen molar-refractivity contribution in [2.75, 3.05) is 0 Å². The Morgan fingerprint density at radius 3 is 2.37 bits per heavy atom. The third kappa shape index (κ3) is 4.43. The van der Waals surface area contributed by atoms with Crippen LogP contribution in [0.3, 0.4) is 0 Å². The highest BCUT2D eigenvalue weighted by molar-refractivity contribution is 5.88. The minimum absolute atomic E-state index is 0.380. The molecule has 2 nitrogen and oxygen atoms in total. The van der Waals surface area contributed by atoms with Crippen molar-refractivity contribution in [1.29, 1.82) is 0 Å². The molecule has 0 radical (unpaired) electrons. The summed E-state index contributed by atoms with van der Waals surface area (Å²) < 4.78 is 5.13. The molecule has 0 spiro atoms. The summed E-state index contributed by atoms with van der Waals surface area (Å²) in [6.45, 7) is 10.8. The average molecular weight is 254 g/mol. The zero-order chi connectivity index (χ0) is 14.3. The van der Waals surface area contributed by atoms with Gasteiger partial charge in [-0.15, -0.1) is 0 Å². The van der Waals surface area contributed by atoms with Crippen molar-refractivity contribution in [3.63, 3.8) is 0 Å². The van der Waals surface area contributed by atoms with Crippen LogP contribution in [0.5, 0.6) is 5.75 Å². The van der Waals surface area contributed by atoms with E-state index in [2.05, 4.69) is 13.2 Å². The summed E-state index contributed by atoms with van der Waals surface area (Å²) >= 11 is 0. The van der Waals surface area contributed by atoms with Crippen LogP contribution in [0.1, 0.15) is 19.4 Å². The number of rotatable bonds is 5. The van der Waals surface area contributed by atoms with Crippen molar-refractivity contribution in [1.82, 2.24) is 0 Å². The Morgan fingerprint density at radius 1 is 1.26 bits per heavy atom. The van der Waals surface area contributed by atoms with E-state index >= 15 is 0 Å². The number of carbonyl (C=O) groups excluding carboxylic acids is 1. The Morgan fingerprint density at radius 2 is 1.89 bits per heavy atom. The summed E-state index contributed by atoms with van der Waals surface area (Å²) in [6.07, 6.45) is 7.63. The third-order valence-electron chi connectivity index (χ3n) is 2.39. The van der Waals surface area contributed by atoms with E-state index in [-0.39, 0.29) is 0 Å². The van der Waals surface area contributed by atoms with E-state index in [4.69, 9.17) is 4.74 Å². The van der Waals surface area contributed by atoms with Crippen LogP contribution in [-0.2, 0) is 4.79 Å². The molecule has 0 aromatic heterocycles. The monoisotopic (exact) mass is 254 g/mol. The molecule has 0 aliphatic heterocycles. The van der Waals surface area contributed by atoms with Gasteiger partial charge >= 0.3 is 5.97 Å². The standard InChI is InChI=1S/C17H18O2/c1-5-7-14(8-6-2)15-9-11-16(12-10-15)19-17(18)13(3)4/h5-12H,1,3H2,2,4H3/b8-6-,14-7+. The van der Waals surface area contributed by atoms with Crippen molar-refractivity contribution in [2.24, 2.45) is 0 Å². The molecule has 0 unspecified atom stereocenters. The Bertz CT molecular complexity index is 531. The molecule has 0 heterocycles. The molecule has 0 saturated heterocycles. The SMILES string of the molecule is C=C/C=C(\C=C/C)c1ccc(OC(=O)C(=C)C)cc1. The quantitative estimate of drug-likeness (QED) is 0.338. The first-order valence-electron chi connectivity index (χ1n) is 6.02. The predicted octanol–water partition coefficient (Wildman–Crippen LogP) is 4.31. The topological polar surface area (TPSA) is 26.3 Å². The van der Waals surface area contributed by atoms with E-state index in [1.54, 1.807) is 25.1 Å². The maximum atomic E-state index is 11.4. The molecule has 0 aliphatic rings. The second-order valence-corrected chi connectivity index (χ2v) is 4.05. The van der Waals surface area contributed by atoms with E-state index in [1.165, 1.54) is 0 Å². The highest BCUT2D eigenvalue weighted by Crippen LogP contribution is 2.20. The van der Waals surface area contributed by atoms with E-state index < -0.39 is 5.97 Å². The van der Waals surface area contributed by atoms with Gasteiger partial charge in [0.05, 0.1) is 0 Å². The Kier molecular flexibility index (Phi) is 5.55. The van der Waals surface area contributed by atoms with Crippen molar-refractivity contribution < 1.29 is 9.53 Å². The molecule has 98 valence electrons. The summed E-state index contributed by atoms with van der Waals surface area (Å²) in [5.74, 6) is 0.0956. The third-order valence-corrected chi connectivity index (χ3v) is 2.39. The van der Waals surface area contributed by atoms with Gasteiger partial charge < -0.3 is 4.74 Å². The molecular weight excluding hydrogens is 236 g/mol. The van der Waals surface area contributed by atoms with Crippen LogP contribution in [-0.4, -0.2) is 5.97 Å². The molecule has 0 bridgehead atoms. The molecule has 2 heteroatoms. The van der Waals surface area contributed by atoms with Crippen LogP contribution in [0.4, 0.5) is 0 Å². The van der Waals surface area contributed by atoms with Gasteiger partial charge in [-0.25, -0.2) is 4.79 Å². The normalized spacial score (nSPS) is 11.4. The fourth-order valence-electron chi connectivity index (χ4n) is 1.46. The molecular formula is C17H18O2. The van der Waals surface area contributed by atoms with Gasteiger partial charge in [0, 0.05) is 5.57 Å². The maximum Gasteiger partial charge on any atom is 0.338 e. The maximum absolute atomic E-state index is 11.4. The first-order valence-corrected chi connectivity index (χ1v) is 6.02. The second-order valence-electron chi connectivity index (χ2n) is 4.05. The molecule has 19 heavy (non-hydrogen) atoms. The summed E-state index contributed by atoms with van der Waals surface area (Å²) in [5.41, 5.74) is 2.47. The average Bonchev–Trinajstić information content (AvgIpc) is 2.39. The van der Waals surface area contributed by atoms with Gasteiger partial charge in [0.25, 0.3) is 0 Å². The van der Waals surface area contributed by atoms with Crippen LogP contribution in [0, 0.1) is 0 Å². The molecule has 1 aromatic rings. The molecule has 0 aliphatic carbocycles. The molecule has 0 amide bonds. The largest absolute Gasteiger partial charge is 0.423 e. The van der Waals surface area contributed by atoms with Gasteiger partial charge in [-0.3, -0.25) is 0 Å². The van der Waals surface area contributed by atoms with Gasteiger partial charge in [-0.1, -0.05) is 49.6 Å². The smallest absolute Gasteiger partial charge is 0.338 e. The Balaban J connectivity index is 2.92. The highest BCUT2D eigenvalue weighted by atomic mass is 16.5. The zero-order valence-electron chi connectivity index (χ0n) is 11.3.